The minimum absolute atomic E-state index is 0.0196. The Balaban J connectivity index is 1.68. The number of nitrogens with two attached hydrogens (primary N) is 1. The van der Waals surface area contributed by atoms with Gasteiger partial charge in [-0.3, -0.25) is 9.59 Å². The molecule has 2 aliphatic heterocycles. The van der Waals surface area contributed by atoms with Gasteiger partial charge in [0, 0.05) is 24.8 Å². The molecule has 3 aliphatic rings. The summed E-state index contributed by atoms with van der Waals surface area (Å²) in [5.41, 5.74) is 5.72. The van der Waals surface area contributed by atoms with Gasteiger partial charge in [-0.1, -0.05) is 0 Å². The van der Waals surface area contributed by atoms with Gasteiger partial charge in [0.2, 0.25) is 11.8 Å². The first kappa shape index (κ1) is 13.2. The Morgan fingerprint density at radius 1 is 1.63 bits per heavy atom. The maximum Gasteiger partial charge on any atom is 0.243 e. The lowest BCUT2D eigenvalue weighted by Crippen LogP contribution is -2.53. The summed E-state index contributed by atoms with van der Waals surface area (Å²) in [5, 5.41) is 3.05. The van der Waals surface area contributed by atoms with Gasteiger partial charge in [0.1, 0.15) is 6.04 Å². The Morgan fingerprint density at radius 3 is 3.00 bits per heavy atom. The number of nitrogens with zero attached hydrogens (tertiary/aromatic N) is 1. The third-order valence-corrected chi connectivity index (χ3v) is 6.03. The van der Waals surface area contributed by atoms with Gasteiger partial charge in [-0.05, 0) is 32.1 Å². The molecule has 3 N–H and O–H groups in total. The van der Waals surface area contributed by atoms with Crippen molar-refractivity contribution in [2.45, 2.75) is 49.6 Å². The van der Waals surface area contributed by atoms with Gasteiger partial charge in [0.25, 0.3) is 0 Å². The second-order valence-corrected chi connectivity index (χ2v) is 7.46. The lowest BCUT2D eigenvalue weighted by molar-refractivity contribution is -0.138. The van der Waals surface area contributed by atoms with E-state index in [9.17, 15) is 9.59 Å². The molecule has 1 saturated carbocycles. The van der Waals surface area contributed by atoms with Crippen molar-refractivity contribution in [1.29, 1.82) is 0 Å². The zero-order valence-corrected chi connectivity index (χ0v) is 12.0. The minimum Gasteiger partial charge on any atom is -0.350 e. The summed E-state index contributed by atoms with van der Waals surface area (Å²) in [7, 11) is 0. The smallest absolute Gasteiger partial charge is 0.243 e. The summed E-state index contributed by atoms with van der Waals surface area (Å²) >= 11 is 1.73. The Labute approximate surface area is 117 Å². The van der Waals surface area contributed by atoms with Crippen molar-refractivity contribution in [2.75, 3.05) is 12.3 Å². The molecule has 1 aliphatic carbocycles. The largest absolute Gasteiger partial charge is 0.350 e. The van der Waals surface area contributed by atoms with Crippen LogP contribution in [0.25, 0.3) is 0 Å². The summed E-state index contributed by atoms with van der Waals surface area (Å²) in [5.74, 6) is 1.34. The van der Waals surface area contributed by atoms with Crippen LogP contribution in [0.15, 0.2) is 0 Å². The molecule has 106 valence electrons. The summed E-state index contributed by atoms with van der Waals surface area (Å²) in [6, 6.07) is -0.222. The zero-order chi connectivity index (χ0) is 13.6. The van der Waals surface area contributed by atoms with Crippen LogP contribution >= 0.6 is 11.8 Å². The van der Waals surface area contributed by atoms with E-state index in [-0.39, 0.29) is 28.8 Å². The van der Waals surface area contributed by atoms with Gasteiger partial charge in [0.15, 0.2) is 0 Å². The van der Waals surface area contributed by atoms with Crippen LogP contribution in [0.2, 0.25) is 0 Å². The average molecular weight is 283 g/mol. The van der Waals surface area contributed by atoms with Crippen LogP contribution in [0.5, 0.6) is 0 Å². The molecule has 0 aromatic carbocycles. The van der Waals surface area contributed by atoms with E-state index in [4.69, 9.17) is 5.73 Å². The fraction of sp³-hybridized carbons (Fsp3) is 0.846. The lowest BCUT2D eigenvalue weighted by atomic mass is 10.1. The van der Waals surface area contributed by atoms with E-state index in [1.54, 1.807) is 16.7 Å². The molecule has 2 saturated heterocycles. The zero-order valence-electron chi connectivity index (χ0n) is 11.2. The first-order valence-electron chi connectivity index (χ1n) is 7.02. The third-order valence-electron chi connectivity index (χ3n) is 4.52. The van der Waals surface area contributed by atoms with Gasteiger partial charge < -0.3 is 16.0 Å². The first-order chi connectivity index (χ1) is 9.05. The van der Waals surface area contributed by atoms with E-state index >= 15 is 0 Å². The molecular formula is C13H21N3O2S. The first-order valence-corrected chi connectivity index (χ1v) is 8.00. The average Bonchev–Trinajstić information content (AvgIpc) is 3.10. The molecule has 5 nitrogen and oxygen atoms in total. The molecule has 2 heterocycles. The Kier molecular flexibility index (Phi) is 3.25. The van der Waals surface area contributed by atoms with Crippen molar-refractivity contribution in [1.82, 2.24) is 10.2 Å². The van der Waals surface area contributed by atoms with E-state index in [2.05, 4.69) is 12.2 Å². The number of carbonyl (C=O) groups is 2. The molecule has 19 heavy (non-hydrogen) atoms. The molecule has 0 bridgehead atoms. The molecule has 3 rings (SSSR count). The summed E-state index contributed by atoms with van der Waals surface area (Å²) < 4.78 is 0. The maximum absolute atomic E-state index is 12.4. The Bertz CT molecular complexity index is 413. The Morgan fingerprint density at radius 2 is 2.37 bits per heavy atom. The van der Waals surface area contributed by atoms with Gasteiger partial charge in [-0.15, -0.1) is 11.8 Å². The second-order valence-electron chi connectivity index (χ2n) is 5.95. The molecule has 2 amide bonds. The highest BCUT2D eigenvalue weighted by Crippen LogP contribution is 2.47. The fourth-order valence-electron chi connectivity index (χ4n) is 3.16. The van der Waals surface area contributed by atoms with Crippen LogP contribution in [0.1, 0.15) is 32.6 Å². The number of amides is 2. The van der Waals surface area contributed by atoms with E-state index in [1.807, 2.05) is 0 Å². The Hall–Kier alpha value is -0.750. The number of hydrogen-bond acceptors (Lipinski definition) is 4. The molecule has 0 spiro atoms. The molecule has 0 radical (unpaired) electrons. The van der Waals surface area contributed by atoms with Crippen LogP contribution < -0.4 is 11.1 Å². The lowest BCUT2D eigenvalue weighted by Gasteiger charge is -2.30. The number of hydrogen-bond donors (Lipinski definition) is 2. The fourth-order valence-corrected chi connectivity index (χ4v) is 4.59. The van der Waals surface area contributed by atoms with Crippen molar-refractivity contribution in [3.8, 4) is 0 Å². The van der Waals surface area contributed by atoms with Gasteiger partial charge in [-0.25, -0.2) is 0 Å². The van der Waals surface area contributed by atoms with E-state index in [0.717, 1.165) is 19.3 Å². The minimum atomic E-state index is -0.308. The van der Waals surface area contributed by atoms with Crippen LogP contribution in [-0.2, 0) is 9.59 Å². The number of fused-ring (bicyclic) bond motifs is 1. The monoisotopic (exact) mass is 283 g/mol. The molecule has 0 aromatic heterocycles. The van der Waals surface area contributed by atoms with Gasteiger partial charge in [-0.2, -0.15) is 0 Å². The van der Waals surface area contributed by atoms with Crippen LogP contribution in [0.3, 0.4) is 0 Å². The van der Waals surface area contributed by atoms with Gasteiger partial charge >= 0.3 is 0 Å². The van der Waals surface area contributed by atoms with Crippen LogP contribution in [0, 0.1) is 5.92 Å². The maximum atomic E-state index is 12.4. The molecule has 0 aromatic rings. The van der Waals surface area contributed by atoms with Crippen LogP contribution in [0.4, 0.5) is 0 Å². The third kappa shape index (κ3) is 2.25. The molecule has 3 fully saturated rings. The normalized spacial score (nSPS) is 35.4. The standard InChI is InChI=1S/C13H21N3O2S/c1-13-5-4-11(17)16(13)10(7-19-13)12(18)15-9(6-14)8-2-3-8/h8-10H,2-7,14H2,1H3,(H,15,18). The van der Waals surface area contributed by atoms with E-state index in [1.165, 1.54) is 0 Å². The van der Waals surface area contributed by atoms with E-state index < -0.39 is 0 Å². The highest BCUT2D eigenvalue weighted by Gasteiger charge is 2.53. The summed E-state index contributed by atoms with van der Waals surface area (Å²) in [4.78, 5) is 26.0. The predicted molar refractivity (Wildman–Crippen MR) is 74.4 cm³/mol. The number of carbonyl (C=O) groups excluding carboxylic acids is 2. The van der Waals surface area contributed by atoms with Crippen molar-refractivity contribution in [3.63, 3.8) is 0 Å². The topological polar surface area (TPSA) is 75.4 Å². The van der Waals surface area contributed by atoms with E-state index in [0.29, 0.717) is 24.6 Å². The number of nitrogens with one attached hydrogen (secondary N) is 1. The predicted octanol–water partition coefficient (Wildman–Crippen LogP) is 0.294. The van der Waals surface area contributed by atoms with Gasteiger partial charge in [0.05, 0.1) is 4.87 Å². The second kappa shape index (κ2) is 4.66. The molecule has 6 heteroatoms. The van der Waals surface area contributed by atoms with Crippen molar-refractivity contribution >= 4 is 23.6 Å². The number of thioether (sulfide) groups is 1. The highest BCUT2D eigenvalue weighted by molar-refractivity contribution is 8.01. The van der Waals surface area contributed by atoms with Crippen molar-refractivity contribution < 1.29 is 9.59 Å². The van der Waals surface area contributed by atoms with Crippen LogP contribution in [-0.4, -0.2) is 46.0 Å². The van der Waals surface area contributed by atoms with Crippen molar-refractivity contribution in [3.05, 3.63) is 0 Å². The summed E-state index contributed by atoms with van der Waals surface area (Å²) in [6.45, 7) is 2.55. The highest BCUT2D eigenvalue weighted by atomic mass is 32.2. The number of rotatable bonds is 4. The summed E-state index contributed by atoms with van der Waals surface area (Å²) in [6.07, 6.45) is 3.73. The van der Waals surface area contributed by atoms with Crippen molar-refractivity contribution in [2.24, 2.45) is 11.7 Å². The molecule has 3 atom stereocenters. The quantitative estimate of drug-likeness (QED) is 0.778. The molecule has 3 unspecified atom stereocenters. The SMILES string of the molecule is CC12CCC(=O)N1C(C(=O)NC(CN)C1CC1)CS2. The molecular weight excluding hydrogens is 262 g/mol.